The summed E-state index contributed by atoms with van der Waals surface area (Å²) in [7, 11) is 0. The van der Waals surface area contributed by atoms with Crippen LogP contribution in [-0.4, -0.2) is 39.0 Å². The van der Waals surface area contributed by atoms with Crippen molar-refractivity contribution < 1.29 is 19.0 Å². The fraction of sp³-hybridized carbons (Fsp3) is 0.917. The first-order chi connectivity index (χ1) is 7.86. The van der Waals surface area contributed by atoms with Gasteiger partial charge in [-0.15, -0.1) is 0 Å². The van der Waals surface area contributed by atoms with Gasteiger partial charge < -0.3 is 14.2 Å². The molecule has 92 valence electrons. The molecule has 0 amide bonds. The van der Waals surface area contributed by atoms with Gasteiger partial charge in [-0.3, -0.25) is 4.79 Å². The molecule has 4 heteroatoms. The van der Waals surface area contributed by atoms with Crippen molar-refractivity contribution in [1.29, 1.82) is 0 Å². The van der Waals surface area contributed by atoms with Gasteiger partial charge >= 0.3 is 5.97 Å². The topological polar surface area (TPSA) is 44.8 Å². The average Bonchev–Trinajstić information content (AvgIpc) is 2.38. The molecule has 0 aromatic rings. The summed E-state index contributed by atoms with van der Waals surface area (Å²) in [6.07, 6.45) is 3.65. The van der Waals surface area contributed by atoms with Crippen molar-refractivity contribution in [1.82, 2.24) is 0 Å². The average molecular weight is 228 g/mol. The number of rotatable bonds is 3. The van der Waals surface area contributed by atoms with Crippen molar-refractivity contribution in [3.8, 4) is 0 Å². The minimum atomic E-state index is -0.0326. The highest BCUT2D eigenvalue weighted by molar-refractivity contribution is 5.72. The van der Waals surface area contributed by atoms with Gasteiger partial charge in [-0.05, 0) is 31.6 Å². The number of hydrogen-bond donors (Lipinski definition) is 0. The van der Waals surface area contributed by atoms with E-state index in [1.165, 1.54) is 0 Å². The van der Waals surface area contributed by atoms with E-state index in [9.17, 15) is 4.79 Å². The Balaban J connectivity index is 1.65. The molecule has 2 rings (SSSR count). The van der Waals surface area contributed by atoms with Crippen LogP contribution in [-0.2, 0) is 19.0 Å². The minimum Gasteiger partial charge on any atom is -0.465 e. The van der Waals surface area contributed by atoms with Crippen molar-refractivity contribution in [2.24, 2.45) is 11.8 Å². The third-order valence-corrected chi connectivity index (χ3v) is 3.36. The van der Waals surface area contributed by atoms with Crippen LogP contribution >= 0.6 is 0 Å². The monoisotopic (exact) mass is 228 g/mol. The first-order valence-corrected chi connectivity index (χ1v) is 6.18. The molecule has 0 aromatic carbocycles. The lowest BCUT2D eigenvalue weighted by Gasteiger charge is -2.24. The SMILES string of the molecule is O=C(OCC1CCOCC1)C1CCOCC1. The lowest BCUT2D eigenvalue weighted by molar-refractivity contribution is -0.154. The van der Waals surface area contributed by atoms with Crippen LogP contribution in [0.5, 0.6) is 0 Å². The molecule has 0 saturated carbocycles. The smallest absolute Gasteiger partial charge is 0.309 e. The van der Waals surface area contributed by atoms with E-state index in [1.807, 2.05) is 0 Å². The Morgan fingerprint density at radius 1 is 1.00 bits per heavy atom. The number of carbonyl (C=O) groups is 1. The van der Waals surface area contributed by atoms with Crippen LogP contribution in [0.15, 0.2) is 0 Å². The largest absolute Gasteiger partial charge is 0.465 e. The second-order valence-electron chi connectivity index (χ2n) is 4.57. The molecule has 0 aliphatic carbocycles. The Kier molecular flexibility index (Phi) is 4.60. The maximum absolute atomic E-state index is 11.7. The molecule has 2 fully saturated rings. The van der Waals surface area contributed by atoms with Gasteiger partial charge in [0.15, 0.2) is 0 Å². The van der Waals surface area contributed by atoms with Gasteiger partial charge in [-0.1, -0.05) is 0 Å². The number of hydrogen-bond acceptors (Lipinski definition) is 4. The van der Waals surface area contributed by atoms with Crippen LogP contribution in [0.1, 0.15) is 25.7 Å². The molecule has 0 N–H and O–H groups in total. The summed E-state index contributed by atoms with van der Waals surface area (Å²) >= 11 is 0. The lowest BCUT2D eigenvalue weighted by Crippen LogP contribution is -2.28. The van der Waals surface area contributed by atoms with Gasteiger partial charge in [0, 0.05) is 26.4 Å². The molecule has 2 aliphatic rings. The Morgan fingerprint density at radius 3 is 2.19 bits per heavy atom. The van der Waals surface area contributed by atoms with Crippen molar-refractivity contribution in [2.75, 3.05) is 33.0 Å². The van der Waals surface area contributed by atoms with E-state index in [4.69, 9.17) is 14.2 Å². The molecule has 0 atom stereocenters. The second kappa shape index (κ2) is 6.21. The Hall–Kier alpha value is -0.610. The van der Waals surface area contributed by atoms with Gasteiger partial charge in [-0.25, -0.2) is 0 Å². The molecular weight excluding hydrogens is 208 g/mol. The molecule has 4 nitrogen and oxygen atoms in total. The highest BCUT2D eigenvalue weighted by atomic mass is 16.5. The first kappa shape index (κ1) is 11.9. The molecule has 0 radical (unpaired) electrons. The third kappa shape index (κ3) is 3.46. The van der Waals surface area contributed by atoms with E-state index in [-0.39, 0.29) is 11.9 Å². The van der Waals surface area contributed by atoms with E-state index in [2.05, 4.69) is 0 Å². The van der Waals surface area contributed by atoms with Crippen molar-refractivity contribution in [3.05, 3.63) is 0 Å². The summed E-state index contributed by atoms with van der Waals surface area (Å²) in [6.45, 7) is 3.56. The van der Waals surface area contributed by atoms with Gasteiger partial charge in [-0.2, -0.15) is 0 Å². The molecule has 16 heavy (non-hydrogen) atoms. The Morgan fingerprint density at radius 2 is 1.56 bits per heavy atom. The fourth-order valence-electron chi connectivity index (χ4n) is 2.16. The van der Waals surface area contributed by atoms with E-state index < -0.39 is 0 Å². The van der Waals surface area contributed by atoms with Crippen LogP contribution in [0.3, 0.4) is 0 Å². The standard InChI is InChI=1S/C12H20O4/c13-12(11-3-7-15-8-4-11)16-9-10-1-5-14-6-2-10/h10-11H,1-9H2. The van der Waals surface area contributed by atoms with Gasteiger partial charge in [0.05, 0.1) is 12.5 Å². The lowest BCUT2D eigenvalue weighted by atomic mass is 10.00. The van der Waals surface area contributed by atoms with Gasteiger partial charge in [0.25, 0.3) is 0 Å². The predicted molar refractivity (Wildman–Crippen MR) is 58.0 cm³/mol. The molecule has 2 saturated heterocycles. The number of ether oxygens (including phenoxy) is 3. The van der Waals surface area contributed by atoms with Gasteiger partial charge in [0.2, 0.25) is 0 Å². The summed E-state index contributed by atoms with van der Waals surface area (Å²) in [6, 6.07) is 0. The van der Waals surface area contributed by atoms with Crippen molar-refractivity contribution in [3.63, 3.8) is 0 Å². The number of carbonyl (C=O) groups excluding carboxylic acids is 1. The molecule has 0 spiro atoms. The fourth-order valence-corrected chi connectivity index (χ4v) is 2.16. The normalized spacial score (nSPS) is 24.2. The maximum atomic E-state index is 11.7. The van der Waals surface area contributed by atoms with Crippen LogP contribution in [0.2, 0.25) is 0 Å². The van der Waals surface area contributed by atoms with E-state index in [1.54, 1.807) is 0 Å². The number of esters is 1. The van der Waals surface area contributed by atoms with Crippen molar-refractivity contribution in [2.45, 2.75) is 25.7 Å². The Bertz CT molecular complexity index is 217. The minimum absolute atomic E-state index is 0.0326. The molecule has 0 aromatic heterocycles. The highest BCUT2D eigenvalue weighted by Gasteiger charge is 2.24. The van der Waals surface area contributed by atoms with E-state index in [0.29, 0.717) is 25.7 Å². The first-order valence-electron chi connectivity index (χ1n) is 6.18. The molecule has 0 unspecified atom stereocenters. The van der Waals surface area contributed by atoms with E-state index >= 15 is 0 Å². The van der Waals surface area contributed by atoms with Crippen LogP contribution in [0, 0.1) is 11.8 Å². The Labute approximate surface area is 96.2 Å². The zero-order valence-electron chi connectivity index (χ0n) is 9.65. The molecular formula is C12H20O4. The summed E-state index contributed by atoms with van der Waals surface area (Å²) in [4.78, 5) is 11.7. The quantitative estimate of drug-likeness (QED) is 0.685. The zero-order valence-corrected chi connectivity index (χ0v) is 9.65. The molecule has 0 bridgehead atoms. The summed E-state index contributed by atoms with van der Waals surface area (Å²) in [5, 5.41) is 0. The second-order valence-corrected chi connectivity index (χ2v) is 4.57. The van der Waals surface area contributed by atoms with Gasteiger partial charge in [0.1, 0.15) is 0 Å². The van der Waals surface area contributed by atoms with Crippen LogP contribution in [0.25, 0.3) is 0 Å². The molecule has 2 aliphatic heterocycles. The predicted octanol–water partition coefficient (Wildman–Crippen LogP) is 1.38. The summed E-state index contributed by atoms with van der Waals surface area (Å²) in [5.41, 5.74) is 0. The van der Waals surface area contributed by atoms with Crippen molar-refractivity contribution >= 4 is 5.97 Å². The van der Waals surface area contributed by atoms with E-state index in [0.717, 1.165) is 38.9 Å². The molecule has 2 heterocycles. The summed E-state index contributed by atoms with van der Waals surface area (Å²) in [5.74, 6) is 0.529. The zero-order chi connectivity index (χ0) is 11.2. The maximum Gasteiger partial charge on any atom is 0.309 e. The third-order valence-electron chi connectivity index (χ3n) is 3.36. The highest BCUT2D eigenvalue weighted by Crippen LogP contribution is 2.19. The van der Waals surface area contributed by atoms with Crippen LogP contribution in [0.4, 0.5) is 0 Å². The summed E-state index contributed by atoms with van der Waals surface area (Å²) < 4.78 is 15.9. The van der Waals surface area contributed by atoms with Crippen LogP contribution < -0.4 is 0 Å².